The van der Waals surface area contributed by atoms with Gasteiger partial charge in [-0.05, 0) is 37.2 Å². The van der Waals surface area contributed by atoms with E-state index in [1.807, 2.05) is 12.1 Å². The molecular formula is C10H11Cl2N. The largest absolute Gasteiger partial charge is 0.299 e. The van der Waals surface area contributed by atoms with E-state index >= 15 is 0 Å². The van der Waals surface area contributed by atoms with Crippen LogP contribution in [0.25, 0.3) is 0 Å². The molecule has 0 unspecified atom stereocenters. The van der Waals surface area contributed by atoms with Gasteiger partial charge in [0.25, 0.3) is 0 Å². The molecule has 0 saturated carbocycles. The minimum atomic E-state index is 0.706. The van der Waals surface area contributed by atoms with Crippen molar-refractivity contribution in [3.8, 4) is 0 Å². The summed E-state index contributed by atoms with van der Waals surface area (Å²) in [7, 11) is 0. The Labute approximate surface area is 88.3 Å². The first-order valence-electron chi connectivity index (χ1n) is 4.42. The summed E-state index contributed by atoms with van der Waals surface area (Å²) in [6.07, 6.45) is 1.31. The molecule has 13 heavy (non-hydrogen) atoms. The van der Waals surface area contributed by atoms with Crippen LogP contribution in [0, 0.1) is 0 Å². The van der Waals surface area contributed by atoms with E-state index in [1.165, 1.54) is 25.1 Å². The van der Waals surface area contributed by atoms with Gasteiger partial charge in [0.2, 0.25) is 0 Å². The lowest BCUT2D eigenvalue weighted by molar-refractivity contribution is 0.172. The molecule has 70 valence electrons. The van der Waals surface area contributed by atoms with Crippen molar-refractivity contribution >= 4 is 23.2 Å². The Hall–Kier alpha value is -0.240. The van der Waals surface area contributed by atoms with Crippen LogP contribution >= 0.6 is 23.2 Å². The number of nitrogens with zero attached hydrogens (tertiary/aromatic N) is 1. The molecule has 0 aliphatic carbocycles. The molecule has 0 spiro atoms. The number of halogens is 2. The minimum Gasteiger partial charge on any atom is -0.299 e. The third-order valence-corrected chi connectivity index (χ3v) is 2.94. The third-order valence-electron chi connectivity index (χ3n) is 2.36. The molecule has 1 aromatic carbocycles. The number of hydrogen-bond donors (Lipinski definition) is 0. The third kappa shape index (κ3) is 2.16. The smallest absolute Gasteiger partial charge is 0.0465 e. The van der Waals surface area contributed by atoms with Crippen LogP contribution in [-0.2, 0) is 6.54 Å². The molecule has 0 aromatic heterocycles. The molecule has 1 aliphatic heterocycles. The maximum atomic E-state index is 6.04. The lowest BCUT2D eigenvalue weighted by Gasteiger charge is -2.30. The fourth-order valence-electron chi connectivity index (χ4n) is 1.43. The zero-order valence-corrected chi connectivity index (χ0v) is 8.78. The van der Waals surface area contributed by atoms with Crippen molar-refractivity contribution in [2.45, 2.75) is 13.0 Å². The topological polar surface area (TPSA) is 3.24 Å². The van der Waals surface area contributed by atoms with Crippen LogP contribution < -0.4 is 0 Å². The molecule has 3 heteroatoms. The first-order chi connectivity index (χ1) is 6.25. The molecule has 1 aliphatic rings. The Morgan fingerprint density at radius 2 is 2.00 bits per heavy atom. The van der Waals surface area contributed by atoms with Gasteiger partial charge in [-0.1, -0.05) is 29.3 Å². The van der Waals surface area contributed by atoms with Gasteiger partial charge >= 0.3 is 0 Å². The van der Waals surface area contributed by atoms with Gasteiger partial charge < -0.3 is 0 Å². The van der Waals surface area contributed by atoms with E-state index in [9.17, 15) is 0 Å². The molecule has 0 bridgehead atoms. The standard InChI is InChI=1S/C10H11Cl2N/c11-9-3-2-8(10(12)6-9)7-13-4-1-5-13/h2-3,6H,1,4-5,7H2. The van der Waals surface area contributed by atoms with Gasteiger partial charge in [0.1, 0.15) is 0 Å². The van der Waals surface area contributed by atoms with Gasteiger partial charge in [0.15, 0.2) is 0 Å². The quantitative estimate of drug-likeness (QED) is 0.733. The summed E-state index contributed by atoms with van der Waals surface area (Å²) in [5.74, 6) is 0. The van der Waals surface area contributed by atoms with Crippen LogP contribution in [0.5, 0.6) is 0 Å². The summed E-state index contributed by atoms with van der Waals surface area (Å²) >= 11 is 11.8. The van der Waals surface area contributed by atoms with Crippen LogP contribution in [0.4, 0.5) is 0 Å². The number of likely N-dealkylation sites (tertiary alicyclic amines) is 1. The van der Waals surface area contributed by atoms with E-state index in [0.29, 0.717) is 5.02 Å². The van der Waals surface area contributed by atoms with Crippen LogP contribution in [-0.4, -0.2) is 18.0 Å². The van der Waals surface area contributed by atoms with Gasteiger partial charge in [-0.3, -0.25) is 4.90 Å². The van der Waals surface area contributed by atoms with Crippen molar-refractivity contribution in [3.05, 3.63) is 33.8 Å². The Morgan fingerprint density at radius 3 is 2.54 bits per heavy atom. The number of benzene rings is 1. The second kappa shape index (κ2) is 3.87. The molecule has 0 radical (unpaired) electrons. The summed E-state index contributed by atoms with van der Waals surface area (Å²) in [5.41, 5.74) is 1.17. The van der Waals surface area contributed by atoms with E-state index in [1.54, 1.807) is 6.07 Å². The van der Waals surface area contributed by atoms with Crippen molar-refractivity contribution < 1.29 is 0 Å². The normalized spacial score (nSPS) is 17.1. The summed E-state index contributed by atoms with van der Waals surface area (Å²) in [5, 5.41) is 1.48. The summed E-state index contributed by atoms with van der Waals surface area (Å²) in [6.45, 7) is 3.34. The second-order valence-electron chi connectivity index (χ2n) is 3.37. The van der Waals surface area contributed by atoms with E-state index in [0.717, 1.165) is 11.6 Å². The maximum absolute atomic E-state index is 6.04. The van der Waals surface area contributed by atoms with Crippen molar-refractivity contribution in [2.75, 3.05) is 13.1 Å². The van der Waals surface area contributed by atoms with Gasteiger partial charge in [0, 0.05) is 16.6 Å². The van der Waals surface area contributed by atoms with Gasteiger partial charge in [0.05, 0.1) is 0 Å². The van der Waals surface area contributed by atoms with Gasteiger partial charge in [-0.25, -0.2) is 0 Å². The first kappa shape index (κ1) is 9.32. The van der Waals surface area contributed by atoms with Crippen molar-refractivity contribution in [3.63, 3.8) is 0 Å². The molecular weight excluding hydrogens is 205 g/mol. The lowest BCUT2D eigenvalue weighted by Crippen LogP contribution is -2.36. The molecule has 1 nitrogen and oxygen atoms in total. The molecule has 1 heterocycles. The van der Waals surface area contributed by atoms with E-state index < -0.39 is 0 Å². The summed E-state index contributed by atoms with van der Waals surface area (Å²) in [6, 6.07) is 5.70. The average molecular weight is 216 g/mol. The van der Waals surface area contributed by atoms with E-state index in [-0.39, 0.29) is 0 Å². The predicted octanol–water partition coefficient (Wildman–Crippen LogP) is 3.20. The van der Waals surface area contributed by atoms with Crippen LogP contribution in [0.3, 0.4) is 0 Å². The molecule has 0 atom stereocenters. The molecule has 1 aromatic rings. The summed E-state index contributed by atoms with van der Waals surface area (Å²) < 4.78 is 0. The minimum absolute atomic E-state index is 0.706. The van der Waals surface area contributed by atoms with Crippen LogP contribution in [0.15, 0.2) is 18.2 Å². The van der Waals surface area contributed by atoms with Crippen molar-refractivity contribution in [1.82, 2.24) is 4.90 Å². The molecule has 1 saturated heterocycles. The highest BCUT2D eigenvalue weighted by Gasteiger charge is 2.14. The van der Waals surface area contributed by atoms with Crippen molar-refractivity contribution in [2.24, 2.45) is 0 Å². The SMILES string of the molecule is Clc1ccc(CN2CCC2)c(Cl)c1. The molecule has 0 amide bonds. The molecule has 0 N–H and O–H groups in total. The highest BCUT2D eigenvalue weighted by atomic mass is 35.5. The Bertz CT molecular complexity index is 308. The summed E-state index contributed by atoms with van der Waals surface area (Å²) in [4.78, 5) is 2.37. The Kier molecular flexibility index (Phi) is 2.77. The lowest BCUT2D eigenvalue weighted by atomic mass is 10.1. The van der Waals surface area contributed by atoms with Gasteiger partial charge in [-0.2, -0.15) is 0 Å². The zero-order valence-electron chi connectivity index (χ0n) is 7.26. The average Bonchev–Trinajstić information content (AvgIpc) is 1.99. The molecule has 1 fully saturated rings. The maximum Gasteiger partial charge on any atom is 0.0465 e. The highest BCUT2D eigenvalue weighted by Crippen LogP contribution is 2.23. The number of hydrogen-bond acceptors (Lipinski definition) is 1. The van der Waals surface area contributed by atoms with Crippen LogP contribution in [0.1, 0.15) is 12.0 Å². The Morgan fingerprint density at radius 1 is 1.23 bits per heavy atom. The molecule has 2 rings (SSSR count). The fraction of sp³-hybridized carbons (Fsp3) is 0.400. The monoisotopic (exact) mass is 215 g/mol. The zero-order chi connectivity index (χ0) is 9.26. The Balaban J connectivity index is 2.10. The predicted molar refractivity (Wildman–Crippen MR) is 56.4 cm³/mol. The van der Waals surface area contributed by atoms with E-state index in [4.69, 9.17) is 23.2 Å². The van der Waals surface area contributed by atoms with Crippen molar-refractivity contribution in [1.29, 1.82) is 0 Å². The number of rotatable bonds is 2. The first-order valence-corrected chi connectivity index (χ1v) is 5.17. The van der Waals surface area contributed by atoms with Crippen LogP contribution in [0.2, 0.25) is 10.0 Å². The second-order valence-corrected chi connectivity index (χ2v) is 4.21. The fourth-order valence-corrected chi connectivity index (χ4v) is 1.90. The van der Waals surface area contributed by atoms with Gasteiger partial charge in [-0.15, -0.1) is 0 Å². The van der Waals surface area contributed by atoms with E-state index in [2.05, 4.69) is 4.90 Å². The highest BCUT2D eigenvalue weighted by molar-refractivity contribution is 6.35.